The molecule has 3 aliphatic rings. The molecule has 1 heterocycles. The number of hydrogen-bond acceptors (Lipinski definition) is 2. The number of fused-ring (bicyclic) bond motifs is 5. The van der Waals surface area contributed by atoms with Crippen molar-refractivity contribution in [1.29, 1.82) is 0 Å². The van der Waals surface area contributed by atoms with Gasteiger partial charge in [-0.25, -0.2) is 4.39 Å². The summed E-state index contributed by atoms with van der Waals surface area (Å²) in [7, 11) is 0. The van der Waals surface area contributed by atoms with Crippen LogP contribution < -0.4 is 5.32 Å². The predicted molar refractivity (Wildman–Crippen MR) is 76.6 cm³/mol. The maximum absolute atomic E-state index is 12.9. The largest absolute Gasteiger partial charge is 0.306 e. The van der Waals surface area contributed by atoms with Gasteiger partial charge in [0.15, 0.2) is 0 Å². The minimum atomic E-state index is -0.255. The Labute approximate surface area is 120 Å². The van der Waals surface area contributed by atoms with Crippen LogP contribution in [0.2, 0.25) is 0 Å². The molecule has 20 heavy (non-hydrogen) atoms. The Morgan fingerprint density at radius 2 is 2.05 bits per heavy atom. The van der Waals surface area contributed by atoms with Gasteiger partial charge >= 0.3 is 0 Å². The first-order chi connectivity index (χ1) is 9.72. The zero-order chi connectivity index (χ0) is 13.7. The van der Waals surface area contributed by atoms with Crippen LogP contribution in [-0.4, -0.2) is 11.0 Å². The molecular weight excluding hydrogens is 251 g/mol. The molecule has 2 bridgehead atoms. The molecule has 1 N–H and O–H groups in total. The number of nitrogens with one attached hydrogen (secondary N) is 1. The molecular formula is C17H23FN2. The van der Waals surface area contributed by atoms with Gasteiger partial charge in [-0.15, -0.1) is 0 Å². The third kappa shape index (κ3) is 1.98. The fraction of sp³-hybridized carbons (Fsp3) is 0.706. The van der Waals surface area contributed by atoms with Crippen LogP contribution in [0, 0.1) is 29.5 Å². The zero-order valence-electron chi connectivity index (χ0n) is 12.1. The standard InChI is InChI=1S/C17H23FN2/c1-10(16-6-5-12(18)9-19-16)20-17-8-11-7-15(17)14-4-2-3-13(11)14/h5-6,9-11,13-15,17,20H,2-4,7-8H2,1H3. The van der Waals surface area contributed by atoms with E-state index >= 15 is 0 Å². The third-order valence-corrected chi connectivity index (χ3v) is 6.09. The average Bonchev–Trinajstić information content (AvgIpc) is 3.11. The summed E-state index contributed by atoms with van der Waals surface area (Å²) >= 11 is 0. The monoisotopic (exact) mass is 274 g/mol. The lowest BCUT2D eigenvalue weighted by atomic mass is 9.79. The molecule has 0 aromatic carbocycles. The summed E-state index contributed by atoms with van der Waals surface area (Å²) in [5.74, 6) is 3.63. The van der Waals surface area contributed by atoms with Crippen LogP contribution in [0.25, 0.3) is 0 Å². The molecule has 2 nitrogen and oxygen atoms in total. The summed E-state index contributed by atoms with van der Waals surface area (Å²) in [4.78, 5) is 4.21. The lowest BCUT2D eigenvalue weighted by Gasteiger charge is -2.34. The molecule has 0 amide bonds. The fourth-order valence-electron chi connectivity index (χ4n) is 5.31. The quantitative estimate of drug-likeness (QED) is 0.909. The van der Waals surface area contributed by atoms with Crippen molar-refractivity contribution in [3.8, 4) is 0 Å². The maximum Gasteiger partial charge on any atom is 0.141 e. The second-order valence-electron chi connectivity index (χ2n) is 7.05. The van der Waals surface area contributed by atoms with E-state index in [-0.39, 0.29) is 11.9 Å². The van der Waals surface area contributed by atoms with Gasteiger partial charge < -0.3 is 5.32 Å². The fourth-order valence-corrected chi connectivity index (χ4v) is 5.31. The lowest BCUT2D eigenvalue weighted by Crippen LogP contribution is -2.40. The van der Waals surface area contributed by atoms with Crippen LogP contribution in [-0.2, 0) is 0 Å². The van der Waals surface area contributed by atoms with E-state index in [0.717, 1.165) is 29.4 Å². The van der Waals surface area contributed by atoms with E-state index < -0.39 is 0 Å². The summed E-state index contributed by atoms with van der Waals surface area (Å²) in [6.45, 7) is 2.15. The second kappa shape index (κ2) is 4.80. The third-order valence-electron chi connectivity index (χ3n) is 6.09. The van der Waals surface area contributed by atoms with Gasteiger partial charge in [0, 0.05) is 12.1 Å². The highest BCUT2D eigenvalue weighted by Gasteiger charge is 2.53. The Morgan fingerprint density at radius 1 is 1.20 bits per heavy atom. The molecule has 0 spiro atoms. The predicted octanol–water partition coefficient (Wildman–Crippen LogP) is 3.70. The molecule has 4 rings (SSSR count). The Kier molecular flexibility index (Phi) is 3.06. The van der Waals surface area contributed by atoms with Gasteiger partial charge in [-0.3, -0.25) is 4.98 Å². The van der Waals surface area contributed by atoms with Crippen molar-refractivity contribution < 1.29 is 4.39 Å². The number of pyridine rings is 1. The van der Waals surface area contributed by atoms with E-state index in [9.17, 15) is 4.39 Å². The molecule has 1 aromatic heterocycles. The summed E-state index contributed by atoms with van der Waals surface area (Å²) in [6, 6.07) is 4.19. The zero-order valence-corrected chi connectivity index (χ0v) is 12.1. The number of halogens is 1. The highest BCUT2D eigenvalue weighted by atomic mass is 19.1. The number of hydrogen-bond donors (Lipinski definition) is 1. The molecule has 108 valence electrons. The first kappa shape index (κ1) is 12.8. The summed E-state index contributed by atoms with van der Waals surface area (Å²) in [6.07, 6.45) is 8.49. The molecule has 0 saturated heterocycles. The molecule has 3 aliphatic carbocycles. The van der Waals surface area contributed by atoms with E-state index in [4.69, 9.17) is 0 Å². The Morgan fingerprint density at radius 3 is 2.85 bits per heavy atom. The lowest BCUT2D eigenvalue weighted by molar-refractivity contribution is 0.199. The van der Waals surface area contributed by atoms with Gasteiger partial charge in [-0.2, -0.15) is 0 Å². The first-order valence-electron chi connectivity index (χ1n) is 8.10. The number of nitrogens with zero attached hydrogens (tertiary/aromatic N) is 1. The summed E-state index contributed by atoms with van der Waals surface area (Å²) < 4.78 is 12.9. The second-order valence-corrected chi connectivity index (χ2v) is 7.05. The van der Waals surface area contributed by atoms with E-state index in [2.05, 4.69) is 17.2 Å². The van der Waals surface area contributed by atoms with E-state index in [1.807, 2.05) is 0 Å². The van der Waals surface area contributed by atoms with Crippen LogP contribution in [0.1, 0.15) is 50.8 Å². The average molecular weight is 274 g/mol. The molecule has 3 fully saturated rings. The summed E-state index contributed by atoms with van der Waals surface area (Å²) in [5, 5.41) is 3.77. The van der Waals surface area contributed by atoms with Crippen LogP contribution in [0.15, 0.2) is 18.3 Å². The minimum absolute atomic E-state index is 0.222. The van der Waals surface area contributed by atoms with Crippen molar-refractivity contribution in [2.45, 2.75) is 51.1 Å². The Balaban J connectivity index is 1.44. The number of aromatic nitrogens is 1. The van der Waals surface area contributed by atoms with Crippen molar-refractivity contribution in [3.05, 3.63) is 29.8 Å². The minimum Gasteiger partial charge on any atom is -0.306 e. The van der Waals surface area contributed by atoms with Crippen molar-refractivity contribution in [2.24, 2.45) is 23.7 Å². The molecule has 6 unspecified atom stereocenters. The SMILES string of the molecule is CC(NC1CC2CC1C1CCCC21)c1ccc(F)cn1. The van der Waals surface area contributed by atoms with Gasteiger partial charge in [-0.1, -0.05) is 6.42 Å². The molecule has 0 aliphatic heterocycles. The molecule has 0 radical (unpaired) electrons. The Hall–Kier alpha value is -0.960. The highest BCUT2D eigenvalue weighted by Crippen LogP contribution is 2.58. The topological polar surface area (TPSA) is 24.9 Å². The van der Waals surface area contributed by atoms with E-state index in [1.54, 1.807) is 6.07 Å². The van der Waals surface area contributed by atoms with Gasteiger partial charge in [0.1, 0.15) is 5.82 Å². The molecule has 1 aromatic rings. The van der Waals surface area contributed by atoms with E-state index in [0.29, 0.717) is 6.04 Å². The molecule has 3 saturated carbocycles. The van der Waals surface area contributed by atoms with Crippen LogP contribution in [0.4, 0.5) is 4.39 Å². The normalized spacial score (nSPS) is 40.0. The van der Waals surface area contributed by atoms with E-state index in [1.165, 1.54) is 44.4 Å². The van der Waals surface area contributed by atoms with Gasteiger partial charge in [0.05, 0.1) is 11.9 Å². The van der Waals surface area contributed by atoms with Gasteiger partial charge in [0.2, 0.25) is 0 Å². The van der Waals surface area contributed by atoms with Crippen molar-refractivity contribution >= 4 is 0 Å². The van der Waals surface area contributed by atoms with Crippen molar-refractivity contribution in [1.82, 2.24) is 10.3 Å². The smallest absolute Gasteiger partial charge is 0.141 e. The number of rotatable bonds is 3. The summed E-state index contributed by atoms with van der Waals surface area (Å²) in [5.41, 5.74) is 0.956. The highest BCUT2D eigenvalue weighted by molar-refractivity contribution is 5.11. The van der Waals surface area contributed by atoms with Crippen molar-refractivity contribution in [2.75, 3.05) is 0 Å². The molecule has 3 heteroatoms. The first-order valence-corrected chi connectivity index (χ1v) is 8.10. The van der Waals surface area contributed by atoms with Crippen molar-refractivity contribution in [3.63, 3.8) is 0 Å². The van der Waals surface area contributed by atoms with Crippen LogP contribution in [0.3, 0.4) is 0 Å². The Bertz CT molecular complexity index is 486. The molecule has 6 atom stereocenters. The van der Waals surface area contributed by atoms with Gasteiger partial charge in [0.25, 0.3) is 0 Å². The van der Waals surface area contributed by atoms with Crippen LogP contribution >= 0.6 is 0 Å². The van der Waals surface area contributed by atoms with Gasteiger partial charge in [-0.05, 0) is 68.4 Å². The maximum atomic E-state index is 12.9. The van der Waals surface area contributed by atoms with Crippen LogP contribution in [0.5, 0.6) is 0 Å².